The lowest BCUT2D eigenvalue weighted by molar-refractivity contribution is 0.0561. The Labute approximate surface area is 156 Å². The van der Waals surface area contributed by atoms with Crippen molar-refractivity contribution in [2.45, 2.75) is 25.3 Å². The molecule has 1 amide bonds. The third-order valence-corrected chi connectivity index (χ3v) is 4.87. The predicted octanol–water partition coefficient (Wildman–Crippen LogP) is 4.76. The summed E-state index contributed by atoms with van der Waals surface area (Å²) in [4.78, 5) is 19.3. The minimum atomic E-state index is -0.190. The number of piperidine rings is 1. The van der Waals surface area contributed by atoms with Crippen molar-refractivity contribution in [1.82, 2.24) is 15.0 Å². The number of aromatic nitrogens is 2. The van der Waals surface area contributed by atoms with Crippen LogP contribution in [0.3, 0.4) is 0 Å². The van der Waals surface area contributed by atoms with Gasteiger partial charge in [0.1, 0.15) is 6.04 Å². The van der Waals surface area contributed by atoms with Crippen LogP contribution in [0.25, 0.3) is 11.4 Å². The predicted molar refractivity (Wildman–Crippen MR) is 98.8 cm³/mol. The van der Waals surface area contributed by atoms with E-state index in [4.69, 9.17) is 16.1 Å². The van der Waals surface area contributed by atoms with Gasteiger partial charge in [0.05, 0.1) is 0 Å². The lowest BCUT2D eigenvalue weighted by atomic mass is 10.0. The number of hydrogen-bond donors (Lipinski definition) is 0. The van der Waals surface area contributed by atoms with Gasteiger partial charge in [-0.05, 0) is 55.7 Å². The van der Waals surface area contributed by atoms with Crippen molar-refractivity contribution in [2.75, 3.05) is 6.54 Å². The zero-order valence-electron chi connectivity index (χ0n) is 14.1. The van der Waals surface area contributed by atoms with Crippen LogP contribution in [0.15, 0.2) is 59.1 Å². The number of amides is 1. The van der Waals surface area contributed by atoms with Gasteiger partial charge in [0.25, 0.3) is 5.91 Å². The number of carbonyl (C=O) groups is 1. The number of likely N-dealkylation sites (tertiary alicyclic amines) is 1. The summed E-state index contributed by atoms with van der Waals surface area (Å²) in [5, 5.41) is 4.75. The van der Waals surface area contributed by atoms with Crippen molar-refractivity contribution in [3.05, 3.63) is 71.1 Å². The molecule has 4 rings (SSSR count). The van der Waals surface area contributed by atoms with Crippen molar-refractivity contribution >= 4 is 17.5 Å². The van der Waals surface area contributed by atoms with Crippen LogP contribution in [0.2, 0.25) is 5.02 Å². The lowest BCUT2D eigenvalue weighted by Gasteiger charge is -2.33. The van der Waals surface area contributed by atoms with Crippen LogP contribution in [-0.2, 0) is 0 Å². The Morgan fingerprint density at radius 2 is 1.85 bits per heavy atom. The molecule has 0 saturated carbocycles. The molecule has 0 radical (unpaired) electrons. The topological polar surface area (TPSA) is 59.2 Å². The van der Waals surface area contributed by atoms with Gasteiger partial charge in [-0.1, -0.05) is 35.0 Å². The first-order chi connectivity index (χ1) is 12.7. The maximum Gasteiger partial charge on any atom is 0.254 e. The van der Waals surface area contributed by atoms with E-state index in [0.29, 0.717) is 28.8 Å². The van der Waals surface area contributed by atoms with Crippen molar-refractivity contribution < 1.29 is 9.32 Å². The number of rotatable bonds is 3. The van der Waals surface area contributed by atoms with Crippen LogP contribution in [0.5, 0.6) is 0 Å². The van der Waals surface area contributed by atoms with Gasteiger partial charge < -0.3 is 9.42 Å². The van der Waals surface area contributed by atoms with Crippen molar-refractivity contribution in [2.24, 2.45) is 0 Å². The summed E-state index contributed by atoms with van der Waals surface area (Å²) in [6, 6.07) is 16.4. The van der Waals surface area contributed by atoms with E-state index in [9.17, 15) is 4.79 Å². The second-order valence-electron chi connectivity index (χ2n) is 6.34. The summed E-state index contributed by atoms with van der Waals surface area (Å²) in [5.41, 5.74) is 1.51. The molecule has 132 valence electrons. The highest BCUT2D eigenvalue weighted by molar-refractivity contribution is 6.30. The number of carbonyl (C=O) groups excluding carboxylic acids is 1. The molecule has 0 bridgehead atoms. The Bertz CT molecular complexity index is 893. The van der Waals surface area contributed by atoms with E-state index in [1.807, 2.05) is 47.4 Å². The zero-order valence-corrected chi connectivity index (χ0v) is 14.9. The lowest BCUT2D eigenvalue weighted by Crippen LogP contribution is -2.38. The minimum absolute atomic E-state index is 0.00143. The van der Waals surface area contributed by atoms with E-state index in [2.05, 4.69) is 10.1 Å². The molecule has 1 saturated heterocycles. The molecule has 1 aliphatic rings. The highest BCUT2D eigenvalue weighted by atomic mass is 35.5. The van der Waals surface area contributed by atoms with E-state index in [0.717, 1.165) is 24.8 Å². The average Bonchev–Trinajstić information content (AvgIpc) is 3.19. The Kier molecular flexibility index (Phi) is 4.71. The zero-order chi connectivity index (χ0) is 17.9. The van der Waals surface area contributed by atoms with Gasteiger partial charge in [-0.3, -0.25) is 4.79 Å². The first-order valence-corrected chi connectivity index (χ1v) is 9.06. The first-order valence-electron chi connectivity index (χ1n) is 8.68. The largest absolute Gasteiger partial charge is 0.337 e. The summed E-state index contributed by atoms with van der Waals surface area (Å²) in [6.45, 7) is 0.692. The minimum Gasteiger partial charge on any atom is -0.337 e. The molecule has 6 heteroatoms. The summed E-state index contributed by atoms with van der Waals surface area (Å²) in [5.74, 6) is 0.995. The monoisotopic (exact) mass is 367 g/mol. The van der Waals surface area contributed by atoms with Gasteiger partial charge in [-0.2, -0.15) is 4.98 Å². The van der Waals surface area contributed by atoms with Crippen molar-refractivity contribution in [1.29, 1.82) is 0 Å². The Balaban J connectivity index is 1.61. The summed E-state index contributed by atoms with van der Waals surface area (Å²) in [6.07, 6.45) is 2.83. The molecule has 1 atom stereocenters. The van der Waals surface area contributed by atoms with Crippen LogP contribution in [-0.4, -0.2) is 27.5 Å². The Morgan fingerprint density at radius 1 is 1.08 bits per heavy atom. The second-order valence-corrected chi connectivity index (χ2v) is 6.78. The molecule has 2 aromatic carbocycles. The van der Waals surface area contributed by atoms with Crippen molar-refractivity contribution in [3.8, 4) is 11.4 Å². The molecule has 5 nitrogen and oxygen atoms in total. The molecule has 0 N–H and O–H groups in total. The van der Waals surface area contributed by atoms with Gasteiger partial charge >= 0.3 is 0 Å². The molecular formula is C20H18ClN3O2. The van der Waals surface area contributed by atoms with E-state index in [1.165, 1.54) is 0 Å². The van der Waals surface area contributed by atoms with E-state index >= 15 is 0 Å². The fourth-order valence-electron chi connectivity index (χ4n) is 3.26. The van der Waals surface area contributed by atoms with Crippen LogP contribution in [0.1, 0.15) is 41.6 Å². The summed E-state index contributed by atoms with van der Waals surface area (Å²) >= 11 is 5.93. The quantitative estimate of drug-likeness (QED) is 0.669. The summed E-state index contributed by atoms with van der Waals surface area (Å²) < 4.78 is 5.52. The molecule has 3 aromatic rings. The standard InChI is InChI=1S/C20H18ClN3O2/c21-16-11-9-14(10-12-16)18-22-19(26-23-18)17-8-4-5-13-24(17)20(25)15-6-2-1-3-7-15/h1-3,6-7,9-12,17H,4-5,8,13H2. The van der Waals surface area contributed by atoms with Crippen LogP contribution in [0, 0.1) is 0 Å². The van der Waals surface area contributed by atoms with Gasteiger partial charge in [0.15, 0.2) is 0 Å². The Hall–Kier alpha value is -2.66. The fourth-order valence-corrected chi connectivity index (χ4v) is 3.39. The molecule has 2 heterocycles. The van der Waals surface area contributed by atoms with Crippen LogP contribution in [0.4, 0.5) is 0 Å². The van der Waals surface area contributed by atoms with E-state index in [-0.39, 0.29) is 11.9 Å². The molecule has 0 spiro atoms. The first kappa shape index (κ1) is 16.8. The molecule has 1 aliphatic heterocycles. The van der Waals surface area contributed by atoms with Gasteiger partial charge in [-0.15, -0.1) is 0 Å². The fraction of sp³-hybridized carbons (Fsp3) is 0.250. The van der Waals surface area contributed by atoms with Gasteiger partial charge in [-0.25, -0.2) is 0 Å². The molecule has 1 aromatic heterocycles. The number of benzene rings is 2. The highest BCUT2D eigenvalue weighted by Gasteiger charge is 2.32. The van der Waals surface area contributed by atoms with E-state index in [1.54, 1.807) is 12.1 Å². The average molecular weight is 368 g/mol. The van der Waals surface area contributed by atoms with Crippen LogP contribution >= 0.6 is 11.6 Å². The summed E-state index contributed by atoms with van der Waals surface area (Å²) in [7, 11) is 0. The van der Waals surface area contributed by atoms with Crippen LogP contribution < -0.4 is 0 Å². The normalized spacial score (nSPS) is 17.3. The van der Waals surface area contributed by atoms with E-state index < -0.39 is 0 Å². The van der Waals surface area contributed by atoms with Gasteiger partial charge in [0, 0.05) is 22.7 Å². The van der Waals surface area contributed by atoms with Gasteiger partial charge in [0.2, 0.25) is 11.7 Å². The molecule has 26 heavy (non-hydrogen) atoms. The third-order valence-electron chi connectivity index (χ3n) is 4.61. The maximum atomic E-state index is 12.9. The number of nitrogens with zero attached hydrogens (tertiary/aromatic N) is 3. The molecule has 1 unspecified atom stereocenters. The smallest absolute Gasteiger partial charge is 0.254 e. The molecular weight excluding hydrogens is 350 g/mol. The highest BCUT2D eigenvalue weighted by Crippen LogP contribution is 2.32. The molecule has 1 fully saturated rings. The Morgan fingerprint density at radius 3 is 2.62 bits per heavy atom. The van der Waals surface area contributed by atoms with Crippen molar-refractivity contribution in [3.63, 3.8) is 0 Å². The number of hydrogen-bond acceptors (Lipinski definition) is 4. The SMILES string of the molecule is O=C(c1ccccc1)N1CCCCC1c1nc(-c2ccc(Cl)cc2)no1. The second kappa shape index (κ2) is 7.30. The third kappa shape index (κ3) is 3.35. The maximum absolute atomic E-state index is 12.9. The number of halogens is 1. The molecule has 0 aliphatic carbocycles.